The molecule has 24 heavy (non-hydrogen) atoms. The maximum absolute atomic E-state index is 6.37. The first kappa shape index (κ1) is 17.8. The van der Waals surface area contributed by atoms with E-state index in [-0.39, 0.29) is 0 Å². The number of hydrogen-bond donors (Lipinski definition) is 0. The highest BCUT2D eigenvalue weighted by Crippen LogP contribution is 2.36. The third kappa shape index (κ3) is 3.97. The summed E-state index contributed by atoms with van der Waals surface area (Å²) in [6.07, 6.45) is 2.33. The highest BCUT2D eigenvalue weighted by molar-refractivity contribution is 7.80. The molecule has 0 spiro atoms. The molecule has 2 aromatic rings. The van der Waals surface area contributed by atoms with Crippen molar-refractivity contribution in [3.05, 3.63) is 62.6 Å². The fourth-order valence-corrected chi connectivity index (χ4v) is 3.78. The van der Waals surface area contributed by atoms with E-state index >= 15 is 0 Å². The van der Waals surface area contributed by atoms with Crippen molar-refractivity contribution in [1.29, 1.82) is 0 Å². The number of benzene rings is 2. The molecule has 1 aliphatic heterocycles. The van der Waals surface area contributed by atoms with Crippen molar-refractivity contribution in [2.24, 2.45) is 0 Å². The van der Waals surface area contributed by atoms with Gasteiger partial charge in [0.05, 0.1) is 10.0 Å². The molecule has 0 amide bonds. The van der Waals surface area contributed by atoms with Gasteiger partial charge in [-0.2, -0.15) is 0 Å². The average molecular weight is 401 g/mol. The van der Waals surface area contributed by atoms with Gasteiger partial charge in [-0.15, -0.1) is 0 Å². The Morgan fingerprint density at radius 1 is 1.00 bits per heavy atom. The molecule has 1 saturated heterocycles. The van der Waals surface area contributed by atoms with Crippen LogP contribution in [-0.4, -0.2) is 23.0 Å². The van der Waals surface area contributed by atoms with Crippen LogP contribution in [-0.2, 0) is 6.61 Å². The number of nitrogens with zero attached hydrogens (tertiary/aromatic N) is 1. The Labute approximate surface area is 162 Å². The molecule has 126 valence electrons. The standard InChI is InChI=1S/C18H16Cl3NOS/c19-14-6-2-1-5-12(14)11-23-17-15(20)9-13(10-16(17)21)18(24)22-7-3-4-8-22/h1-2,5-6,9-10H,3-4,7-8,11H2. The van der Waals surface area contributed by atoms with Gasteiger partial charge in [0, 0.05) is 29.2 Å². The fraction of sp³-hybridized carbons (Fsp3) is 0.278. The lowest BCUT2D eigenvalue weighted by atomic mass is 10.2. The van der Waals surface area contributed by atoms with Gasteiger partial charge >= 0.3 is 0 Å². The van der Waals surface area contributed by atoms with Crippen LogP contribution in [0.4, 0.5) is 0 Å². The molecule has 3 rings (SSSR count). The molecule has 0 aliphatic carbocycles. The van der Waals surface area contributed by atoms with E-state index in [1.807, 2.05) is 36.4 Å². The molecule has 1 fully saturated rings. The van der Waals surface area contributed by atoms with Crippen LogP contribution in [0.15, 0.2) is 36.4 Å². The van der Waals surface area contributed by atoms with Gasteiger partial charge in [0.15, 0.2) is 5.75 Å². The monoisotopic (exact) mass is 399 g/mol. The number of hydrogen-bond acceptors (Lipinski definition) is 2. The first-order chi connectivity index (χ1) is 11.6. The second-order valence-electron chi connectivity index (χ2n) is 5.65. The summed E-state index contributed by atoms with van der Waals surface area (Å²) < 4.78 is 5.79. The molecule has 2 nitrogen and oxygen atoms in total. The van der Waals surface area contributed by atoms with Gasteiger partial charge in [-0.05, 0) is 31.0 Å². The smallest absolute Gasteiger partial charge is 0.157 e. The number of rotatable bonds is 4. The van der Waals surface area contributed by atoms with Gasteiger partial charge in [0.1, 0.15) is 11.6 Å². The molecule has 0 unspecified atom stereocenters. The molecule has 0 radical (unpaired) electrons. The summed E-state index contributed by atoms with van der Waals surface area (Å²) in [4.78, 5) is 2.97. The van der Waals surface area contributed by atoms with Gasteiger partial charge in [-0.25, -0.2) is 0 Å². The van der Waals surface area contributed by atoms with Crippen molar-refractivity contribution < 1.29 is 4.74 Å². The van der Waals surface area contributed by atoms with Crippen molar-refractivity contribution in [3.8, 4) is 5.75 Å². The van der Waals surface area contributed by atoms with Crippen molar-refractivity contribution in [2.45, 2.75) is 19.4 Å². The second kappa shape index (κ2) is 7.92. The van der Waals surface area contributed by atoms with Crippen molar-refractivity contribution in [1.82, 2.24) is 4.90 Å². The Hall–Kier alpha value is -1.00. The van der Waals surface area contributed by atoms with E-state index in [9.17, 15) is 0 Å². The van der Waals surface area contributed by atoms with Crippen LogP contribution >= 0.6 is 47.0 Å². The lowest BCUT2D eigenvalue weighted by molar-refractivity contribution is 0.306. The molecule has 1 aliphatic rings. The van der Waals surface area contributed by atoms with Crippen molar-refractivity contribution in [3.63, 3.8) is 0 Å². The highest BCUT2D eigenvalue weighted by atomic mass is 35.5. The van der Waals surface area contributed by atoms with Crippen LogP contribution < -0.4 is 4.74 Å². The minimum absolute atomic E-state index is 0.301. The van der Waals surface area contributed by atoms with E-state index in [1.165, 1.54) is 12.8 Å². The minimum Gasteiger partial charge on any atom is -0.486 e. The number of halogens is 3. The summed E-state index contributed by atoms with van der Waals surface area (Å²) in [6, 6.07) is 11.1. The van der Waals surface area contributed by atoms with Gasteiger partial charge in [-0.1, -0.05) is 65.2 Å². The van der Waals surface area contributed by atoms with E-state index < -0.39 is 0 Å². The van der Waals surface area contributed by atoms with Gasteiger partial charge in [-0.3, -0.25) is 0 Å². The first-order valence-electron chi connectivity index (χ1n) is 7.71. The molecule has 1 heterocycles. The zero-order valence-electron chi connectivity index (χ0n) is 12.9. The van der Waals surface area contributed by atoms with Crippen LogP contribution in [0.1, 0.15) is 24.0 Å². The number of ether oxygens (including phenoxy) is 1. The Morgan fingerprint density at radius 3 is 2.25 bits per heavy atom. The zero-order valence-corrected chi connectivity index (χ0v) is 16.0. The minimum atomic E-state index is 0.301. The topological polar surface area (TPSA) is 12.5 Å². The van der Waals surface area contributed by atoms with Crippen molar-refractivity contribution >= 4 is 52.0 Å². The Bertz CT molecular complexity index is 737. The quantitative estimate of drug-likeness (QED) is 0.584. The van der Waals surface area contributed by atoms with Gasteiger partial charge in [0.2, 0.25) is 0 Å². The first-order valence-corrected chi connectivity index (χ1v) is 9.25. The molecule has 6 heteroatoms. The molecule has 0 bridgehead atoms. The SMILES string of the molecule is S=C(c1cc(Cl)c(OCc2ccccc2Cl)c(Cl)c1)N1CCCC1. The molecule has 0 saturated carbocycles. The highest BCUT2D eigenvalue weighted by Gasteiger charge is 2.19. The van der Waals surface area contributed by atoms with Crippen LogP contribution in [0.2, 0.25) is 15.1 Å². The van der Waals surface area contributed by atoms with Crippen LogP contribution in [0.3, 0.4) is 0 Å². The molecule has 0 aromatic heterocycles. The maximum Gasteiger partial charge on any atom is 0.157 e. The van der Waals surface area contributed by atoms with E-state index in [4.69, 9.17) is 51.8 Å². The predicted octanol–water partition coefficient (Wildman–Crippen LogP) is 6.00. The molecular formula is C18H16Cl3NOS. The third-order valence-electron chi connectivity index (χ3n) is 3.97. The average Bonchev–Trinajstić information content (AvgIpc) is 3.09. The van der Waals surface area contributed by atoms with Crippen molar-refractivity contribution in [2.75, 3.05) is 13.1 Å². The maximum atomic E-state index is 6.37. The summed E-state index contributed by atoms with van der Waals surface area (Å²) in [6.45, 7) is 2.27. The summed E-state index contributed by atoms with van der Waals surface area (Å²) in [5.74, 6) is 0.450. The van der Waals surface area contributed by atoms with E-state index in [1.54, 1.807) is 0 Å². The summed E-state index contributed by atoms with van der Waals surface area (Å²) in [5, 5.41) is 1.55. The normalized spacial score (nSPS) is 14.0. The van der Waals surface area contributed by atoms with Crippen LogP contribution in [0.25, 0.3) is 0 Å². The molecular weight excluding hydrogens is 385 g/mol. The second-order valence-corrected chi connectivity index (χ2v) is 7.26. The third-order valence-corrected chi connectivity index (χ3v) is 5.39. The number of thiocarbonyl (C=S) groups is 1. The summed E-state index contributed by atoms with van der Waals surface area (Å²) >= 11 is 24.4. The van der Waals surface area contributed by atoms with E-state index in [0.29, 0.717) is 27.4 Å². The Morgan fingerprint density at radius 2 is 1.62 bits per heavy atom. The van der Waals surface area contributed by atoms with Gasteiger partial charge < -0.3 is 9.64 Å². The lowest BCUT2D eigenvalue weighted by Gasteiger charge is -2.20. The Kier molecular flexibility index (Phi) is 5.88. The predicted molar refractivity (Wildman–Crippen MR) is 105 cm³/mol. The van der Waals surface area contributed by atoms with Gasteiger partial charge in [0.25, 0.3) is 0 Å². The summed E-state index contributed by atoms with van der Waals surface area (Å²) in [7, 11) is 0. The molecule has 0 atom stereocenters. The van der Waals surface area contributed by atoms with Crippen LogP contribution in [0.5, 0.6) is 5.75 Å². The zero-order chi connectivity index (χ0) is 17.1. The molecule has 2 aromatic carbocycles. The lowest BCUT2D eigenvalue weighted by Crippen LogP contribution is -2.26. The van der Waals surface area contributed by atoms with E-state index in [0.717, 1.165) is 29.2 Å². The fourth-order valence-electron chi connectivity index (χ4n) is 2.69. The van der Waals surface area contributed by atoms with Crippen LogP contribution in [0, 0.1) is 0 Å². The summed E-state index contributed by atoms with van der Waals surface area (Å²) in [5.41, 5.74) is 1.73. The largest absolute Gasteiger partial charge is 0.486 e. The number of likely N-dealkylation sites (tertiary alicyclic amines) is 1. The van der Waals surface area contributed by atoms with E-state index in [2.05, 4.69) is 4.90 Å². The molecule has 0 N–H and O–H groups in total. The Balaban J connectivity index is 1.77.